The second kappa shape index (κ2) is 5.13. The van der Waals surface area contributed by atoms with Crippen molar-refractivity contribution < 1.29 is 4.39 Å². The van der Waals surface area contributed by atoms with Gasteiger partial charge in [-0.15, -0.1) is 0 Å². The van der Waals surface area contributed by atoms with E-state index in [1.54, 1.807) is 12.3 Å². The number of nitrogen functional groups attached to an aromatic ring is 1. The fourth-order valence-electron chi connectivity index (χ4n) is 2.11. The van der Waals surface area contributed by atoms with Crippen molar-refractivity contribution in [3.8, 4) is 0 Å². The Labute approximate surface area is 120 Å². The van der Waals surface area contributed by atoms with Gasteiger partial charge in [0.15, 0.2) is 0 Å². The smallest absolute Gasteiger partial charge is 0.141 e. The van der Waals surface area contributed by atoms with Crippen LogP contribution in [-0.4, -0.2) is 4.98 Å². The Morgan fingerprint density at radius 2 is 2.00 bits per heavy atom. The van der Waals surface area contributed by atoms with Gasteiger partial charge in [0.2, 0.25) is 0 Å². The van der Waals surface area contributed by atoms with Gasteiger partial charge in [0.1, 0.15) is 5.82 Å². The number of aromatic nitrogens is 1. The van der Waals surface area contributed by atoms with E-state index in [1.807, 2.05) is 37.3 Å². The van der Waals surface area contributed by atoms with Crippen molar-refractivity contribution in [3.05, 3.63) is 60.0 Å². The quantitative estimate of drug-likeness (QED) is 0.708. The number of pyridine rings is 1. The SMILES string of the molecule is Cc1cccc(Sc2c(F)cc(N)c3cccnc23)c1. The molecule has 0 unspecified atom stereocenters. The molecule has 0 spiro atoms. The predicted molar refractivity (Wildman–Crippen MR) is 81.4 cm³/mol. The Morgan fingerprint density at radius 3 is 2.80 bits per heavy atom. The van der Waals surface area contributed by atoms with Crippen LogP contribution in [0.4, 0.5) is 10.1 Å². The number of rotatable bonds is 2. The first kappa shape index (κ1) is 12.9. The van der Waals surface area contributed by atoms with Crippen molar-refractivity contribution in [2.75, 3.05) is 5.73 Å². The van der Waals surface area contributed by atoms with Crippen molar-refractivity contribution in [3.63, 3.8) is 0 Å². The lowest BCUT2D eigenvalue weighted by molar-refractivity contribution is 0.605. The highest BCUT2D eigenvalue weighted by atomic mass is 32.2. The van der Waals surface area contributed by atoms with E-state index in [1.165, 1.54) is 17.8 Å². The maximum absolute atomic E-state index is 14.2. The lowest BCUT2D eigenvalue weighted by atomic mass is 10.2. The molecule has 0 fully saturated rings. The van der Waals surface area contributed by atoms with Crippen LogP contribution in [0.5, 0.6) is 0 Å². The minimum atomic E-state index is -0.333. The van der Waals surface area contributed by atoms with E-state index in [9.17, 15) is 4.39 Å². The third-order valence-electron chi connectivity index (χ3n) is 3.04. The summed E-state index contributed by atoms with van der Waals surface area (Å²) in [6.07, 6.45) is 1.65. The van der Waals surface area contributed by atoms with E-state index >= 15 is 0 Å². The number of nitrogens with zero attached hydrogens (tertiary/aromatic N) is 1. The highest BCUT2D eigenvalue weighted by molar-refractivity contribution is 7.99. The maximum Gasteiger partial charge on any atom is 0.141 e. The zero-order chi connectivity index (χ0) is 14.1. The van der Waals surface area contributed by atoms with Crippen LogP contribution in [0.1, 0.15) is 5.56 Å². The van der Waals surface area contributed by atoms with Crippen molar-refractivity contribution in [2.45, 2.75) is 16.7 Å². The molecule has 2 N–H and O–H groups in total. The van der Waals surface area contributed by atoms with Gasteiger partial charge in [-0.3, -0.25) is 4.98 Å². The zero-order valence-corrected chi connectivity index (χ0v) is 11.7. The molecule has 0 saturated heterocycles. The van der Waals surface area contributed by atoms with Crippen LogP contribution in [0.15, 0.2) is 58.5 Å². The number of anilines is 1. The first-order valence-corrected chi connectivity index (χ1v) is 7.04. The first-order chi connectivity index (χ1) is 9.65. The minimum Gasteiger partial charge on any atom is -0.398 e. The molecule has 20 heavy (non-hydrogen) atoms. The zero-order valence-electron chi connectivity index (χ0n) is 10.9. The number of hydrogen-bond donors (Lipinski definition) is 1. The molecule has 0 aliphatic heterocycles. The molecule has 1 heterocycles. The number of benzene rings is 2. The third kappa shape index (κ3) is 2.34. The number of aryl methyl sites for hydroxylation is 1. The van der Waals surface area contributed by atoms with Crippen LogP contribution in [0.2, 0.25) is 0 Å². The first-order valence-electron chi connectivity index (χ1n) is 6.22. The summed E-state index contributed by atoms with van der Waals surface area (Å²) in [7, 11) is 0. The Morgan fingerprint density at radius 1 is 1.15 bits per heavy atom. The Hall–Kier alpha value is -2.07. The number of nitrogens with two attached hydrogens (primary N) is 1. The highest BCUT2D eigenvalue weighted by Gasteiger charge is 2.13. The Bertz CT molecular complexity index is 787. The van der Waals surface area contributed by atoms with Crippen LogP contribution >= 0.6 is 11.8 Å². The van der Waals surface area contributed by atoms with E-state index in [-0.39, 0.29) is 5.82 Å². The summed E-state index contributed by atoms with van der Waals surface area (Å²) in [6.45, 7) is 2.01. The normalized spacial score (nSPS) is 10.9. The van der Waals surface area contributed by atoms with E-state index in [0.717, 1.165) is 15.8 Å². The lowest BCUT2D eigenvalue weighted by Gasteiger charge is -2.09. The lowest BCUT2D eigenvalue weighted by Crippen LogP contribution is -1.94. The van der Waals surface area contributed by atoms with E-state index < -0.39 is 0 Å². The van der Waals surface area contributed by atoms with Gasteiger partial charge in [-0.05, 0) is 37.3 Å². The molecule has 0 amide bonds. The molecular formula is C16H13FN2S. The topological polar surface area (TPSA) is 38.9 Å². The van der Waals surface area contributed by atoms with E-state index in [0.29, 0.717) is 16.1 Å². The summed E-state index contributed by atoms with van der Waals surface area (Å²) >= 11 is 1.37. The maximum atomic E-state index is 14.2. The fourth-order valence-corrected chi connectivity index (χ4v) is 3.15. The number of halogens is 1. The molecule has 0 saturated carbocycles. The molecule has 0 atom stereocenters. The van der Waals surface area contributed by atoms with Gasteiger partial charge in [0.25, 0.3) is 0 Å². The van der Waals surface area contributed by atoms with Gasteiger partial charge in [-0.2, -0.15) is 0 Å². The molecule has 3 aromatic rings. The number of hydrogen-bond acceptors (Lipinski definition) is 3. The summed E-state index contributed by atoms with van der Waals surface area (Å²) in [6, 6.07) is 13.0. The molecule has 3 rings (SSSR count). The molecule has 0 aliphatic carbocycles. The molecule has 0 bridgehead atoms. The second-order valence-electron chi connectivity index (χ2n) is 4.59. The highest BCUT2D eigenvalue weighted by Crippen LogP contribution is 2.37. The van der Waals surface area contributed by atoms with Crippen LogP contribution in [-0.2, 0) is 0 Å². The average Bonchev–Trinajstić information content (AvgIpc) is 2.43. The van der Waals surface area contributed by atoms with Crippen molar-refractivity contribution in [1.82, 2.24) is 4.98 Å². The van der Waals surface area contributed by atoms with Crippen LogP contribution in [0.3, 0.4) is 0 Å². The molecule has 0 aliphatic rings. The molecule has 2 aromatic carbocycles. The molecule has 4 heteroatoms. The van der Waals surface area contributed by atoms with Crippen LogP contribution in [0, 0.1) is 12.7 Å². The van der Waals surface area contributed by atoms with Gasteiger partial charge in [0, 0.05) is 22.2 Å². The standard InChI is InChI=1S/C16H13FN2S/c1-10-4-2-5-11(8-10)20-16-13(17)9-14(18)12-6-3-7-19-15(12)16/h2-9H,18H2,1H3. The Kier molecular flexibility index (Phi) is 3.32. The summed E-state index contributed by atoms with van der Waals surface area (Å²) in [5.74, 6) is -0.333. The average molecular weight is 284 g/mol. The van der Waals surface area contributed by atoms with Gasteiger partial charge in [-0.25, -0.2) is 4.39 Å². The minimum absolute atomic E-state index is 0.333. The summed E-state index contributed by atoms with van der Waals surface area (Å²) in [5.41, 5.74) is 8.02. The molecule has 0 radical (unpaired) electrons. The van der Waals surface area contributed by atoms with Crippen LogP contribution < -0.4 is 5.73 Å². The Balaban J connectivity index is 2.16. The van der Waals surface area contributed by atoms with E-state index in [2.05, 4.69) is 4.98 Å². The monoisotopic (exact) mass is 284 g/mol. The molecular weight excluding hydrogens is 271 g/mol. The number of fused-ring (bicyclic) bond motifs is 1. The van der Waals surface area contributed by atoms with Crippen LogP contribution in [0.25, 0.3) is 10.9 Å². The van der Waals surface area contributed by atoms with Crippen molar-refractivity contribution in [1.29, 1.82) is 0 Å². The predicted octanol–water partition coefficient (Wildman–Crippen LogP) is 4.42. The fraction of sp³-hybridized carbons (Fsp3) is 0.0625. The van der Waals surface area contributed by atoms with Crippen molar-refractivity contribution in [2.24, 2.45) is 0 Å². The summed E-state index contributed by atoms with van der Waals surface area (Å²) < 4.78 is 14.2. The summed E-state index contributed by atoms with van der Waals surface area (Å²) in [5, 5.41) is 0.782. The third-order valence-corrected chi connectivity index (χ3v) is 4.12. The largest absolute Gasteiger partial charge is 0.398 e. The van der Waals surface area contributed by atoms with Gasteiger partial charge >= 0.3 is 0 Å². The molecule has 1 aromatic heterocycles. The molecule has 2 nitrogen and oxygen atoms in total. The van der Waals surface area contributed by atoms with Gasteiger partial charge in [0.05, 0.1) is 10.4 Å². The second-order valence-corrected chi connectivity index (χ2v) is 5.68. The van der Waals surface area contributed by atoms with Crippen molar-refractivity contribution >= 4 is 28.4 Å². The van der Waals surface area contributed by atoms with E-state index in [4.69, 9.17) is 5.73 Å². The van der Waals surface area contributed by atoms with Gasteiger partial charge in [-0.1, -0.05) is 29.5 Å². The molecule has 100 valence electrons. The van der Waals surface area contributed by atoms with Gasteiger partial charge < -0.3 is 5.73 Å². The summed E-state index contributed by atoms with van der Waals surface area (Å²) in [4.78, 5) is 5.78.